The van der Waals surface area contributed by atoms with E-state index in [1.54, 1.807) is 0 Å². The summed E-state index contributed by atoms with van der Waals surface area (Å²) in [6, 6.07) is 8.02. The van der Waals surface area contributed by atoms with Crippen LogP contribution in [-0.2, 0) is 6.42 Å². The second-order valence-electron chi connectivity index (χ2n) is 4.16. The van der Waals surface area contributed by atoms with E-state index in [0.717, 1.165) is 23.4 Å². The van der Waals surface area contributed by atoms with Crippen molar-refractivity contribution >= 4 is 5.82 Å². The third-order valence-electron chi connectivity index (χ3n) is 2.81. The maximum Gasteiger partial charge on any atom is 0.145 e. The number of hydrogen-bond donors (Lipinski definition) is 2. The fourth-order valence-corrected chi connectivity index (χ4v) is 2.05. The average Bonchev–Trinajstić information content (AvgIpc) is 2.81. The number of benzene rings is 1. The molecule has 1 atom stereocenters. The number of anilines is 1. The lowest BCUT2D eigenvalue weighted by atomic mass is 10.1. The predicted octanol–water partition coefficient (Wildman–Crippen LogP) is 1.98. The second kappa shape index (κ2) is 3.27. The molecular weight excluding hydrogens is 202 g/mol. The molecule has 4 nitrogen and oxygen atoms in total. The van der Waals surface area contributed by atoms with Crippen molar-refractivity contribution in [1.82, 2.24) is 10.2 Å². The number of hydrogen-bond acceptors (Lipinski definition) is 3. The highest BCUT2D eigenvalue weighted by Crippen LogP contribution is 2.32. The van der Waals surface area contributed by atoms with Gasteiger partial charge in [0.05, 0.1) is 5.69 Å². The number of nitrogens with one attached hydrogen (secondary N) is 1. The molecule has 82 valence electrons. The van der Waals surface area contributed by atoms with Gasteiger partial charge >= 0.3 is 0 Å². The van der Waals surface area contributed by atoms with Crippen molar-refractivity contribution in [2.75, 3.05) is 5.73 Å². The Kier molecular flexibility index (Phi) is 1.89. The van der Waals surface area contributed by atoms with E-state index in [9.17, 15) is 0 Å². The molecule has 0 spiro atoms. The van der Waals surface area contributed by atoms with Crippen LogP contribution in [0.1, 0.15) is 12.5 Å². The number of nitrogens with zero attached hydrogens (tertiary/aromatic N) is 1. The summed E-state index contributed by atoms with van der Waals surface area (Å²) in [6.07, 6.45) is 1.26. The summed E-state index contributed by atoms with van der Waals surface area (Å²) in [5, 5.41) is 6.81. The maximum absolute atomic E-state index is 5.71. The van der Waals surface area contributed by atoms with E-state index in [0.29, 0.717) is 5.82 Å². The highest BCUT2D eigenvalue weighted by molar-refractivity contribution is 5.65. The van der Waals surface area contributed by atoms with Crippen molar-refractivity contribution in [2.24, 2.45) is 0 Å². The first kappa shape index (κ1) is 9.27. The molecule has 0 radical (unpaired) electrons. The molecule has 1 aromatic heterocycles. The van der Waals surface area contributed by atoms with Gasteiger partial charge in [0.25, 0.3) is 0 Å². The summed E-state index contributed by atoms with van der Waals surface area (Å²) in [5.41, 5.74) is 8.82. The Morgan fingerprint density at radius 3 is 3.06 bits per heavy atom. The Bertz CT molecular complexity index is 533. The zero-order chi connectivity index (χ0) is 11.1. The van der Waals surface area contributed by atoms with Gasteiger partial charge in [-0.2, -0.15) is 5.10 Å². The quantitative estimate of drug-likeness (QED) is 0.764. The first-order valence-corrected chi connectivity index (χ1v) is 5.33. The Hall–Kier alpha value is -1.97. The molecule has 0 bridgehead atoms. The Morgan fingerprint density at radius 2 is 2.31 bits per heavy atom. The van der Waals surface area contributed by atoms with Gasteiger partial charge in [-0.1, -0.05) is 12.1 Å². The summed E-state index contributed by atoms with van der Waals surface area (Å²) in [6.45, 7) is 2.08. The largest absolute Gasteiger partial charge is 0.490 e. The third-order valence-corrected chi connectivity index (χ3v) is 2.81. The van der Waals surface area contributed by atoms with Crippen LogP contribution < -0.4 is 10.5 Å². The van der Waals surface area contributed by atoms with Crippen LogP contribution in [0, 0.1) is 0 Å². The summed E-state index contributed by atoms with van der Waals surface area (Å²) < 4.78 is 5.71. The number of H-pyrrole nitrogens is 1. The van der Waals surface area contributed by atoms with E-state index >= 15 is 0 Å². The van der Waals surface area contributed by atoms with Gasteiger partial charge in [0.1, 0.15) is 17.7 Å². The SMILES string of the molecule is CC1Cc2ccc(-c3cc(N)n[nH]3)cc2O1. The maximum atomic E-state index is 5.71. The molecule has 0 aliphatic carbocycles. The van der Waals surface area contributed by atoms with E-state index in [1.165, 1.54) is 5.56 Å². The third kappa shape index (κ3) is 1.43. The fraction of sp³-hybridized carbons (Fsp3) is 0.250. The molecular formula is C12H13N3O. The molecule has 3 N–H and O–H groups in total. The van der Waals surface area contributed by atoms with Crippen molar-refractivity contribution in [3.8, 4) is 17.0 Å². The number of fused-ring (bicyclic) bond motifs is 1. The van der Waals surface area contributed by atoms with Gasteiger partial charge in [0, 0.05) is 18.1 Å². The van der Waals surface area contributed by atoms with E-state index in [1.807, 2.05) is 12.1 Å². The lowest BCUT2D eigenvalue weighted by Crippen LogP contribution is -2.05. The summed E-state index contributed by atoms with van der Waals surface area (Å²) in [5.74, 6) is 1.47. The van der Waals surface area contributed by atoms with Gasteiger partial charge in [-0.05, 0) is 18.6 Å². The monoisotopic (exact) mass is 215 g/mol. The Labute approximate surface area is 93.4 Å². The molecule has 2 heterocycles. The number of rotatable bonds is 1. The van der Waals surface area contributed by atoms with E-state index in [4.69, 9.17) is 10.5 Å². The number of ether oxygens (including phenoxy) is 1. The van der Waals surface area contributed by atoms with Crippen molar-refractivity contribution < 1.29 is 4.74 Å². The lowest BCUT2D eigenvalue weighted by molar-refractivity contribution is 0.254. The van der Waals surface area contributed by atoms with E-state index in [2.05, 4.69) is 29.3 Å². The normalized spacial score (nSPS) is 18.2. The molecule has 1 aliphatic heterocycles. The molecule has 2 aromatic rings. The lowest BCUT2D eigenvalue weighted by Gasteiger charge is -2.03. The smallest absolute Gasteiger partial charge is 0.145 e. The minimum absolute atomic E-state index is 0.275. The number of aromatic amines is 1. The molecule has 0 saturated carbocycles. The molecule has 0 amide bonds. The van der Waals surface area contributed by atoms with Crippen LogP contribution in [0.15, 0.2) is 24.3 Å². The van der Waals surface area contributed by atoms with Crippen molar-refractivity contribution in [3.05, 3.63) is 29.8 Å². The van der Waals surface area contributed by atoms with Crippen molar-refractivity contribution in [3.63, 3.8) is 0 Å². The zero-order valence-electron chi connectivity index (χ0n) is 9.03. The zero-order valence-corrected chi connectivity index (χ0v) is 9.03. The number of nitrogen functional groups attached to an aromatic ring is 1. The summed E-state index contributed by atoms with van der Waals surface area (Å²) in [4.78, 5) is 0. The average molecular weight is 215 g/mol. The topological polar surface area (TPSA) is 63.9 Å². The molecule has 3 rings (SSSR count). The van der Waals surface area contributed by atoms with Gasteiger partial charge in [0.2, 0.25) is 0 Å². The first-order chi connectivity index (χ1) is 7.72. The Balaban J connectivity index is 2.02. The minimum Gasteiger partial charge on any atom is -0.490 e. The Morgan fingerprint density at radius 1 is 1.44 bits per heavy atom. The minimum atomic E-state index is 0.275. The molecule has 4 heteroatoms. The molecule has 1 aliphatic rings. The van der Waals surface area contributed by atoms with Gasteiger partial charge < -0.3 is 10.5 Å². The van der Waals surface area contributed by atoms with Crippen LogP contribution in [0.25, 0.3) is 11.3 Å². The van der Waals surface area contributed by atoms with Gasteiger partial charge in [-0.3, -0.25) is 5.10 Å². The second-order valence-corrected chi connectivity index (χ2v) is 4.16. The first-order valence-electron chi connectivity index (χ1n) is 5.33. The van der Waals surface area contributed by atoms with Crippen LogP contribution in [0.4, 0.5) is 5.82 Å². The summed E-state index contributed by atoms with van der Waals surface area (Å²) >= 11 is 0. The van der Waals surface area contributed by atoms with E-state index < -0.39 is 0 Å². The molecule has 1 aromatic carbocycles. The van der Waals surface area contributed by atoms with Gasteiger partial charge in [-0.25, -0.2) is 0 Å². The fourth-order valence-electron chi connectivity index (χ4n) is 2.05. The molecule has 0 fully saturated rings. The molecule has 0 saturated heterocycles. The van der Waals surface area contributed by atoms with Gasteiger partial charge in [-0.15, -0.1) is 0 Å². The van der Waals surface area contributed by atoms with Crippen molar-refractivity contribution in [1.29, 1.82) is 0 Å². The molecule has 1 unspecified atom stereocenters. The molecule has 16 heavy (non-hydrogen) atoms. The van der Waals surface area contributed by atoms with Crippen LogP contribution >= 0.6 is 0 Å². The summed E-state index contributed by atoms with van der Waals surface area (Å²) in [7, 11) is 0. The van der Waals surface area contributed by atoms with Crippen LogP contribution in [0.5, 0.6) is 5.75 Å². The number of aromatic nitrogens is 2. The van der Waals surface area contributed by atoms with Crippen LogP contribution in [0.2, 0.25) is 0 Å². The number of nitrogens with two attached hydrogens (primary N) is 1. The van der Waals surface area contributed by atoms with Gasteiger partial charge in [0.15, 0.2) is 0 Å². The highest BCUT2D eigenvalue weighted by atomic mass is 16.5. The standard InChI is InChI=1S/C12H13N3O/c1-7-4-9-3-2-8(5-11(9)16-7)10-6-12(13)15-14-10/h2-3,5-7H,4H2,1H3,(H3,13,14,15). The van der Waals surface area contributed by atoms with Crippen LogP contribution in [0.3, 0.4) is 0 Å². The van der Waals surface area contributed by atoms with Crippen LogP contribution in [-0.4, -0.2) is 16.3 Å². The highest BCUT2D eigenvalue weighted by Gasteiger charge is 2.19. The van der Waals surface area contributed by atoms with Crippen molar-refractivity contribution in [2.45, 2.75) is 19.4 Å². The van der Waals surface area contributed by atoms with E-state index in [-0.39, 0.29) is 6.10 Å². The predicted molar refractivity (Wildman–Crippen MR) is 62.2 cm³/mol.